The van der Waals surface area contributed by atoms with Crippen molar-refractivity contribution >= 4 is 17.2 Å². The monoisotopic (exact) mass is 250 g/mol. The van der Waals surface area contributed by atoms with Crippen LogP contribution in [-0.2, 0) is 0 Å². The second-order valence-corrected chi connectivity index (χ2v) is 5.96. The van der Waals surface area contributed by atoms with E-state index in [4.69, 9.17) is 0 Å². The molecule has 1 N–H and O–H groups in total. The van der Waals surface area contributed by atoms with E-state index in [1.807, 2.05) is 11.9 Å². The maximum absolute atomic E-state index is 12.5. The van der Waals surface area contributed by atoms with Crippen molar-refractivity contribution in [3.63, 3.8) is 0 Å². The van der Waals surface area contributed by atoms with Crippen molar-refractivity contribution in [2.45, 2.75) is 31.2 Å². The van der Waals surface area contributed by atoms with E-state index in [-0.39, 0.29) is 5.91 Å². The molecule has 3 rings (SSSR count). The lowest BCUT2D eigenvalue weighted by Crippen LogP contribution is -2.38. The van der Waals surface area contributed by atoms with Crippen molar-refractivity contribution in [2.24, 2.45) is 0 Å². The number of carbonyl (C=O) groups is 1. The van der Waals surface area contributed by atoms with E-state index in [1.54, 1.807) is 11.3 Å². The van der Waals surface area contributed by atoms with Crippen molar-refractivity contribution in [2.75, 3.05) is 20.1 Å². The number of thiophene rings is 1. The predicted molar refractivity (Wildman–Crippen MR) is 69.7 cm³/mol. The second kappa shape index (κ2) is 4.42. The van der Waals surface area contributed by atoms with Gasteiger partial charge >= 0.3 is 0 Å². The van der Waals surface area contributed by atoms with Crippen LogP contribution in [0.2, 0.25) is 0 Å². The Kier molecular flexibility index (Phi) is 2.92. The van der Waals surface area contributed by atoms with Crippen LogP contribution in [-0.4, -0.2) is 37.0 Å². The van der Waals surface area contributed by atoms with Crippen LogP contribution >= 0.6 is 11.3 Å². The fraction of sp³-hybridized carbons (Fsp3) is 0.615. The average molecular weight is 250 g/mol. The molecule has 4 heteroatoms. The average Bonchev–Trinajstić information content (AvgIpc) is 2.86. The number of likely N-dealkylation sites (N-methyl/N-ethyl adjacent to an activating group) is 1. The van der Waals surface area contributed by atoms with Gasteiger partial charge in [-0.05, 0) is 48.7 Å². The van der Waals surface area contributed by atoms with Gasteiger partial charge in [-0.15, -0.1) is 11.3 Å². The molecule has 1 aliphatic heterocycles. The first kappa shape index (κ1) is 11.2. The molecule has 17 heavy (non-hydrogen) atoms. The molecule has 2 fully saturated rings. The molecule has 1 saturated heterocycles. The summed E-state index contributed by atoms with van der Waals surface area (Å²) in [6.07, 6.45) is 3.59. The predicted octanol–water partition coefficient (Wildman–Crippen LogP) is 2.06. The minimum absolute atomic E-state index is 0.218. The normalized spacial score (nSPS) is 23.9. The Balaban J connectivity index is 1.77. The highest BCUT2D eigenvalue weighted by Crippen LogP contribution is 2.43. The van der Waals surface area contributed by atoms with Crippen LogP contribution in [0.4, 0.5) is 0 Å². The molecular weight excluding hydrogens is 232 g/mol. The van der Waals surface area contributed by atoms with Gasteiger partial charge in [0.25, 0.3) is 5.91 Å². The van der Waals surface area contributed by atoms with Gasteiger partial charge in [0.1, 0.15) is 0 Å². The highest BCUT2D eigenvalue weighted by Gasteiger charge is 2.31. The Hall–Kier alpha value is -0.870. The van der Waals surface area contributed by atoms with Gasteiger partial charge in [0.2, 0.25) is 0 Å². The van der Waals surface area contributed by atoms with Crippen molar-refractivity contribution in [3.8, 4) is 0 Å². The van der Waals surface area contributed by atoms with Gasteiger partial charge in [0, 0.05) is 19.6 Å². The SMILES string of the molecule is CN(C(=O)c1sccc1C1CC1)[C@@H]1CCNC1. The number of amides is 1. The minimum Gasteiger partial charge on any atom is -0.337 e. The van der Waals surface area contributed by atoms with Crippen molar-refractivity contribution < 1.29 is 4.79 Å². The fourth-order valence-corrected chi connectivity index (χ4v) is 3.47. The van der Waals surface area contributed by atoms with Gasteiger partial charge in [-0.1, -0.05) is 0 Å². The number of carbonyl (C=O) groups excluding carboxylic acids is 1. The summed E-state index contributed by atoms with van der Waals surface area (Å²) in [4.78, 5) is 15.4. The van der Waals surface area contributed by atoms with E-state index < -0.39 is 0 Å². The molecule has 0 unspecified atom stereocenters. The highest BCUT2D eigenvalue weighted by molar-refractivity contribution is 7.12. The van der Waals surface area contributed by atoms with Gasteiger partial charge in [0.15, 0.2) is 0 Å². The molecule has 0 spiro atoms. The topological polar surface area (TPSA) is 32.3 Å². The Morgan fingerprint density at radius 3 is 2.94 bits per heavy atom. The number of rotatable bonds is 3. The largest absolute Gasteiger partial charge is 0.337 e. The van der Waals surface area contributed by atoms with Crippen molar-refractivity contribution in [1.82, 2.24) is 10.2 Å². The molecule has 1 atom stereocenters. The molecule has 0 aromatic carbocycles. The third-order valence-corrected chi connectivity index (χ3v) is 4.73. The third kappa shape index (κ3) is 2.11. The van der Waals surface area contributed by atoms with Gasteiger partial charge in [-0.25, -0.2) is 0 Å². The summed E-state index contributed by atoms with van der Waals surface area (Å²) in [7, 11) is 1.94. The molecule has 1 aromatic rings. The first-order valence-electron chi connectivity index (χ1n) is 6.32. The number of nitrogens with one attached hydrogen (secondary N) is 1. The lowest BCUT2D eigenvalue weighted by atomic mass is 10.1. The number of hydrogen-bond acceptors (Lipinski definition) is 3. The first-order chi connectivity index (χ1) is 8.27. The molecule has 0 bridgehead atoms. The van der Waals surface area contributed by atoms with Crippen LogP contribution in [0.15, 0.2) is 11.4 Å². The summed E-state index contributed by atoms with van der Waals surface area (Å²) < 4.78 is 0. The molecular formula is C13H18N2OS. The molecule has 0 radical (unpaired) electrons. The van der Waals surface area contributed by atoms with Crippen LogP contribution in [0.3, 0.4) is 0 Å². The number of hydrogen-bond donors (Lipinski definition) is 1. The minimum atomic E-state index is 0.218. The Labute approximate surface area is 106 Å². The lowest BCUT2D eigenvalue weighted by Gasteiger charge is -2.23. The summed E-state index contributed by atoms with van der Waals surface area (Å²) in [5.41, 5.74) is 1.29. The molecule has 92 valence electrons. The smallest absolute Gasteiger partial charge is 0.264 e. The van der Waals surface area contributed by atoms with E-state index >= 15 is 0 Å². The van der Waals surface area contributed by atoms with E-state index in [1.165, 1.54) is 18.4 Å². The maximum Gasteiger partial charge on any atom is 0.264 e. The third-order valence-electron chi connectivity index (χ3n) is 3.81. The Morgan fingerprint density at radius 2 is 2.29 bits per heavy atom. The molecule has 1 aliphatic carbocycles. The highest BCUT2D eigenvalue weighted by atomic mass is 32.1. The maximum atomic E-state index is 12.5. The van der Waals surface area contributed by atoms with Crippen LogP contribution in [0.1, 0.15) is 40.4 Å². The first-order valence-corrected chi connectivity index (χ1v) is 7.20. The van der Waals surface area contributed by atoms with Crippen LogP contribution < -0.4 is 5.32 Å². The van der Waals surface area contributed by atoms with E-state index in [9.17, 15) is 4.79 Å². The molecule has 2 aliphatic rings. The van der Waals surface area contributed by atoms with Crippen LogP contribution in [0, 0.1) is 0 Å². The Morgan fingerprint density at radius 1 is 1.47 bits per heavy atom. The molecule has 1 aromatic heterocycles. The van der Waals surface area contributed by atoms with E-state index in [0.29, 0.717) is 12.0 Å². The van der Waals surface area contributed by atoms with Crippen LogP contribution in [0.25, 0.3) is 0 Å². The van der Waals surface area contributed by atoms with E-state index in [2.05, 4.69) is 16.8 Å². The quantitative estimate of drug-likeness (QED) is 0.890. The zero-order valence-electron chi connectivity index (χ0n) is 10.1. The molecule has 1 saturated carbocycles. The summed E-state index contributed by atoms with van der Waals surface area (Å²) in [5, 5.41) is 5.37. The van der Waals surface area contributed by atoms with Crippen LogP contribution in [0.5, 0.6) is 0 Å². The lowest BCUT2D eigenvalue weighted by molar-refractivity contribution is 0.0747. The van der Waals surface area contributed by atoms with Gasteiger partial charge < -0.3 is 10.2 Å². The zero-order valence-corrected chi connectivity index (χ0v) is 10.9. The fourth-order valence-electron chi connectivity index (χ4n) is 2.50. The zero-order chi connectivity index (χ0) is 11.8. The summed E-state index contributed by atoms with van der Waals surface area (Å²) in [6.45, 7) is 1.97. The molecule has 1 amide bonds. The van der Waals surface area contributed by atoms with Gasteiger partial charge in [-0.2, -0.15) is 0 Å². The van der Waals surface area contributed by atoms with Gasteiger partial charge in [0.05, 0.1) is 4.88 Å². The van der Waals surface area contributed by atoms with Gasteiger partial charge in [-0.3, -0.25) is 4.79 Å². The van der Waals surface area contributed by atoms with Crippen molar-refractivity contribution in [1.29, 1.82) is 0 Å². The Bertz CT molecular complexity index is 419. The second-order valence-electron chi connectivity index (χ2n) is 5.04. The standard InChI is InChI=1S/C13H18N2OS/c1-15(10-4-6-14-8-10)13(16)12-11(5-7-17-12)9-2-3-9/h5,7,9-10,14H,2-4,6,8H2,1H3/t10-/m1/s1. The van der Waals surface area contributed by atoms with E-state index in [0.717, 1.165) is 24.4 Å². The summed E-state index contributed by atoms with van der Waals surface area (Å²) in [6, 6.07) is 2.51. The number of nitrogens with zero attached hydrogens (tertiary/aromatic N) is 1. The summed E-state index contributed by atoms with van der Waals surface area (Å²) in [5.74, 6) is 0.880. The van der Waals surface area contributed by atoms with Crippen molar-refractivity contribution in [3.05, 3.63) is 21.9 Å². The summed E-state index contributed by atoms with van der Waals surface area (Å²) >= 11 is 1.60. The molecule has 3 nitrogen and oxygen atoms in total. The molecule has 2 heterocycles.